The van der Waals surface area contributed by atoms with E-state index in [1.807, 2.05) is 0 Å². The van der Waals surface area contributed by atoms with Crippen molar-refractivity contribution in [3.8, 4) is 0 Å². The highest BCUT2D eigenvalue weighted by molar-refractivity contribution is 4.93. The van der Waals surface area contributed by atoms with Crippen molar-refractivity contribution in [2.75, 3.05) is 0 Å². The van der Waals surface area contributed by atoms with E-state index in [1.165, 1.54) is 116 Å². The standard InChI is InChI=1S/C22H42/c1-21(17-13-9-5-3-6-10-14-18-21)22(2)19-15-11-7-4-8-12-16-20-22/h3-20H2,1-2H3. The maximum absolute atomic E-state index is 2.68. The zero-order chi connectivity index (χ0) is 15.7. The largest absolute Gasteiger partial charge is 0.0591 e. The zero-order valence-corrected chi connectivity index (χ0v) is 15.7. The summed E-state index contributed by atoms with van der Waals surface area (Å²) in [7, 11) is 0. The molecule has 0 heteroatoms. The third kappa shape index (κ3) is 5.27. The topological polar surface area (TPSA) is 0 Å². The van der Waals surface area contributed by atoms with Gasteiger partial charge < -0.3 is 0 Å². The van der Waals surface area contributed by atoms with E-state index in [-0.39, 0.29) is 0 Å². The third-order valence-electron chi connectivity index (χ3n) is 7.37. The Kier molecular flexibility index (Phi) is 7.78. The van der Waals surface area contributed by atoms with Crippen molar-refractivity contribution in [1.82, 2.24) is 0 Å². The molecule has 0 radical (unpaired) electrons. The van der Waals surface area contributed by atoms with E-state index in [2.05, 4.69) is 13.8 Å². The summed E-state index contributed by atoms with van der Waals surface area (Å²) in [5.74, 6) is 0. The third-order valence-corrected chi connectivity index (χ3v) is 7.37. The number of rotatable bonds is 1. The van der Waals surface area contributed by atoms with Crippen molar-refractivity contribution >= 4 is 0 Å². The average Bonchev–Trinajstić information content (AvgIpc) is 2.52. The van der Waals surface area contributed by atoms with Crippen molar-refractivity contribution in [1.29, 1.82) is 0 Å². The SMILES string of the molecule is CC1(C2(C)CCCCCCCCC2)CCCCCCCCC1. The van der Waals surface area contributed by atoms with Crippen LogP contribution in [0.3, 0.4) is 0 Å². The van der Waals surface area contributed by atoms with Crippen molar-refractivity contribution in [2.24, 2.45) is 10.8 Å². The molecule has 0 aliphatic heterocycles. The second-order valence-corrected chi connectivity index (χ2v) is 9.07. The molecule has 130 valence electrons. The molecule has 2 rings (SSSR count). The Balaban J connectivity index is 2.04. The summed E-state index contributed by atoms with van der Waals surface area (Å²) in [6, 6.07) is 0. The first kappa shape index (κ1) is 18.3. The van der Waals surface area contributed by atoms with E-state index < -0.39 is 0 Å². The first-order valence-corrected chi connectivity index (χ1v) is 10.7. The molecule has 0 nitrogen and oxygen atoms in total. The van der Waals surface area contributed by atoms with Crippen molar-refractivity contribution in [2.45, 2.75) is 129 Å². The number of hydrogen-bond donors (Lipinski definition) is 0. The van der Waals surface area contributed by atoms with Crippen molar-refractivity contribution < 1.29 is 0 Å². The van der Waals surface area contributed by atoms with Crippen LogP contribution in [0.25, 0.3) is 0 Å². The molecule has 0 unspecified atom stereocenters. The smallest absolute Gasteiger partial charge is 0.0272 e. The van der Waals surface area contributed by atoms with Gasteiger partial charge in [0.25, 0.3) is 0 Å². The summed E-state index contributed by atoms with van der Waals surface area (Å²) >= 11 is 0. The van der Waals surface area contributed by atoms with Crippen LogP contribution in [0.1, 0.15) is 129 Å². The summed E-state index contributed by atoms with van der Waals surface area (Å²) in [4.78, 5) is 0. The van der Waals surface area contributed by atoms with E-state index in [0.717, 1.165) is 0 Å². The normalized spacial score (nSPS) is 28.6. The van der Waals surface area contributed by atoms with Crippen LogP contribution in [0.4, 0.5) is 0 Å². The minimum absolute atomic E-state index is 0.615. The maximum atomic E-state index is 2.68. The first-order valence-electron chi connectivity index (χ1n) is 10.7. The molecule has 2 aliphatic rings. The van der Waals surface area contributed by atoms with Gasteiger partial charge in [-0.05, 0) is 36.5 Å². The molecule has 0 spiro atoms. The highest BCUT2D eigenvalue weighted by Crippen LogP contribution is 2.53. The first-order chi connectivity index (χ1) is 10.7. The lowest BCUT2D eigenvalue weighted by Crippen LogP contribution is -2.38. The minimum atomic E-state index is 0.615. The molecule has 2 saturated carbocycles. The monoisotopic (exact) mass is 306 g/mol. The van der Waals surface area contributed by atoms with E-state index in [9.17, 15) is 0 Å². The molecule has 0 atom stereocenters. The van der Waals surface area contributed by atoms with Crippen LogP contribution in [0.15, 0.2) is 0 Å². The Hall–Kier alpha value is 0. The second-order valence-electron chi connectivity index (χ2n) is 9.07. The predicted molar refractivity (Wildman–Crippen MR) is 99.3 cm³/mol. The highest BCUT2D eigenvalue weighted by atomic mass is 14.5. The van der Waals surface area contributed by atoms with Gasteiger partial charge in [0.1, 0.15) is 0 Å². The summed E-state index contributed by atoms with van der Waals surface area (Å²) in [6.07, 6.45) is 26.9. The lowest BCUT2D eigenvalue weighted by molar-refractivity contribution is 0.0191. The molecular formula is C22H42. The average molecular weight is 307 g/mol. The molecule has 0 saturated heterocycles. The number of hydrogen-bond acceptors (Lipinski definition) is 0. The maximum Gasteiger partial charge on any atom is -0.0272 e. The predicted octanol–water partition coefficient (Wildman–Crippen LogP) is 8.05. The van der Waals surface area contributed by atoms with Crippen LogP contribution in [0.2, 0.25) is 0 Å². The van der Waals surface area contributed by atoms with E-state index >= 15 is 0 Å². The Morgan fingerprint density at radius 2 is 0.500 bits per heavy atom. The lowest BCUT2D eigenvalue weighted by Gasteiger charge is -2.49. The Bertz CT molecular complexity index is 240. The van der Waals surface area contributed by atoms with Crippen LogP contribution in [-0.2, 0) is 0 Å². The molecule has 0 aromatic heterocycles. The Labute approximate surface area is 140 Å². The fourth-order valence-corrected chi connectivity index (χ4v) is 5.29. The van der Waals surface area contributed by atoms with Gasteiger partial charge in [-0.1, -0.05) is 104 Å². The van der Waals surface area contributed by atoms with Gasteiger partial charge in [0.15, 0.2) is 0 Å². The van der Waals surface area contributed by atoms with E-state index in [0.29, 0.717) is 10.8 Å². The Morgan fingerprint density at radius 1 is 0.318 bits per heavy atom. The Morgan fingerprint density at radius 3 is 0.727 bits per heavy atom. The summed E-state index contributed by atoms with van der Waals surface area (Å²) in [5.41, 5.74) is 1.23. The van der Waals surface area contributed by atoms with Crippen molar-refractivity contribution in [3.63, 3.8) is 0 Å². The van der Waals surface area contributed by atoms with Gasteiger partial charge in [0.2, 0.25) is 0 Å². The fraction of sp³-hybridized carbons (Fsp3) is 1.00. The molecule has 2 fully saturated rings. The molecule has 0 aromatic carbocycles. The quantitative estimate of drug-likeness (QED) is 0.459. The van der Waals surface area contributed by atoms with Crippen LogP contribution >= 0.6 is 0 Å². The van der Waals surface area contributed by atoms with Crippen LogP contribution in [0.5, 0.6) is 0 Å². The summed E-state index contributed by atoms with van der Waals surface area (Å²) in [6.45, 7) is 5.36. The molecule has 0 amide bonds. The molecule has 0 aromatic rings. The fourth-order valence-electron chi connectivity index (χ4n) is 5.29. The molecule has 0 N–H and O–H groups in total. The highest BCUT2D eigenvalue weighted by Gasteiger charge is 2.42. The lowest BCUT2D eigenvalue weighted by atomic mass is 9.56. The molecule has 0 heterocycles. The van der Waals surface area contributed by atoms with Gasteiger partial charge in [-0.15, -0.1) is 0 Å². The van der Waals surface area contributed by atoms with Crippen molar-refractivity contribution in [3.05, 3.63) is 0 Å². The van der Waals surface area contributed by atoms with E-state index in [1.54, 1.807) is 0 Å². The summed E-state index contributed by atoms with van der Waals surface area (Å²) < 4.78 is 0. The molecule has 2 aliphatic carbocycles. The van der Waals surface area contributed by atoms with Gasteiger partial charge in [-0.3, -0.25) is 0 Å². The molecular weight excluding hydrogens is 264 g/mol. The second kappa shape index (κ2) is 9.33. The van der Waals surface area contributed by atoms with Crippen LogP contribution in [-0.4, -0.2) is 0 Å². The van der Waals surface area contributed by atoms with Gasteiger partial charge in [0.05, 0.1) is 0 Å². The zero-order valence-electron chi connectivity index (χ0n) is 15.7. The molecule has 22 heavy (non-hydrogen) atoms. The molecule has 0 bridgehead atoms. The van der Waals surface area contributed by atoms with E-state index in [4.69, 9.17) is 0 Å². The van der Waals surface area contributed by atoms with Gasteiger partial charge in [-0.25, -0.2) is 0 Å². The minimum Gasteiger partial charge on any atom is -0.0591 e. The van der Waals surface area contributed by atoms with Crippen LogP contribution < -0.4 is 0 Å². The van der Waals surface area contributed by atoms with Gasteiger partial charge in [0, 0.05) is 0 Å². The van der Waals surface area contributed by atoms with Gasteiger partial charge >= 0.3 is 0 Å². The van der Waals surface area contributed by atoms with Crippen LogP contribution in [0, 0.1) is 10.8 Å². The summed E-state index contributed by atoms with van der Waals surface area (Å²) in [5, 5.41) is 0. The van der Waals surface area contributed by atoms with Gasteiger partial charge in [-0.2, -0.15) is 0 Å².